The van der Waals surface area contributed by atoms with E-state index < -0.39 is 23.5 Å². The second-order valence-corrected chi connectivity index (χ2v) is 12.0. The zero-order chi connectivity index (χ0) is 26.3. The predicted octanol–water partition coefficient (Wildman–Crippen LogP) is 4.59. The quantitative estimate of drug-likeness (QED) is 0.325. The maximum atomic E-state index is 13.0. The molecule has 2 aromatic rings. The number of anilines is 1. The maximum Gasteiger partial charge on any atom is 0.368 e. The Bertz CT molecular complexity index is 1090. The van der Waals surface area contributed by atoms with E-state index in [1.54, 1.807) is 23.9 Å². The van der Waals surface area contributed by atoms with Gasteiger partial charge in [0.05, 0.1) is 0 Å². The third-order valence-electron chi connectivity index (χ3n) is 5.71. The van der Waals surface area contributed by atoms with Crippen LogP contribution in [0.25, 0.3) is 10.8 Å². The van der Waals surface area contributed by atoms with E-state index in [1.165, 1.54) is 11.8 Å². The number of carboxylic acids is 1. The van der Waals surface area contributed by atoms with Crippen molar-refractivity contribution in [2.45, 2.75) is 56.5 Å². The molecule has 196 valence electrons. The summed E-state index contributed by atoms with van der Waals surface area (Å²) in [6.07, 6.45) is 3.07. The summed E-state index contributed by atoms with van der Waals surface area (Å²) in [5.41, 5.74) is 0.707. The number of aliphatic carboxylic acids is 1. The Kier molecular flexibility index (Phi) is 9.92. The van der Waals surface area contributed by atoms with Crippen LogP contribution in [0.2, 0.25) is 0 Å². The molecule has 1 saturated heterocycles. The first-order valence-electron chi connectivity index (χ1n) is 12.0. The van der Waals surface area contributed by atoms with Gasteiger partial charge in [0.25, 0.3) is 5.91 Å². The first kappa shape index (κ1) is 28.1. The highest BCUT2D eigenvalue weighted by Gasteiger charge is 2.29. The van der Waals surface area contributed by atoms with Gasteiger partial charge in [0.1, 0.15) is 11.6 Å². The van der Waals surface area contributed by atoms with Crippen molar-refractivity contribution in [3.63, 3.8) is 0 Å². The highest BCUT2D eigenvalue weighted by molar-refractivity contribution is 8.13. The van der Waals surface area contributed by atoms with Crippen LogP contribution >= 0.6 is 23.5 Å². The highest BCUT2D eigenvalue weighted by Crippen LogP contribution is 2.28. The molecule has 1 aliphatic heterocycles. The van der Waals surface area contributed by atoms with Crippen LogP contribution in [0.4, 0.5) is 10.5 Å². The molecule has 3 atom stereocenters. The number of carbonyl (C=O) groups is 3. The Balaban J connectivity index is 1.67. The molecule has 0 saturated carbocycles. The fourth-order valence-corrected chi connectivity index (χ4v) is 5.54. The summed E-state index contributed by atoms with van der Waals surface area (Å²) in [6, 6.07) is 10.5. The molecule has 0 spiro atoms. The molecule has 1 amide bonds. The highest BCUT2D eigenvalue weighted by atomic mass is 32.2. The van der Waals surface area contributed by atoms with Crippen molar-refractivity contribution in [1.82, 2.24) is 10.6 Å². The number of rotatable bonds is 10. The number of thioether (sulfide) groups is 2. The average Bonchev–Trinajstić information content (AvgIpc) is 3.25. The zero-order valence-corrected chi connectivity index (χ0v) is 22.8. The lowest BCUT2D eigenvalue weighted by Gasteiger charge is -2.20. The van der Waals surface area contributed by atoms with E-state index in [-0.39, 0.29) is 16.6 Å². The van der Waals surface area contributed by atoms with E-state index in [0.717, 1.165) is 22.9 Å². The van der Waals surface area contributed by atoms with Crippen LogP contribution in [0.5, 0.6) is 0 Å². The van der Waals surface area contributed by atoms with Crippen LogP contribution in [0, 0.1) is 0 Å². The maximum absolute atomic E-state index is 13.0. The molecular weight excluding hydrogens is 498 g/mol. The first-order valence-corrected chi connectivity index (χ1v) is 14.3. The molecule has 0 unspecified atom stereocenters. The van der Waals surface area contributed by atoms with Gasteiger partial charge in [-0.2, -0.15) is 11.8 Å². The number of carbonyl (C=O) groups excluding carboxylic acids is 2. The van der Waals surface area contributed by atoms with Crippen molar-refractivity contribution in [2.24, 2.45) is 0 Å². The zero-order valence-electron chi connectivity index (χ0n) is 21.1. The number of amides is 1. The summed E-state index contributed by atoms with van der Waals surface area (Å²) >= 11 is 2.77. The van der Waals surface area contributed by atoms with Gasteiger partial charge in [-0.15, -0.1) is 0 Å². The molecule has 0 aliphatic carbocycles. The van der Waals surface area contributed by atoms with E-state index in [0.29, 0.717) is 30.8 Å². The lowest BCUT2D eigenvalue weighted by atomic mass is 10.0. The van der Waals surface area contributed by atoms with Crippen LogP contribution in [0.3, 0.4) is 0 Å². The normalized spacial score (nSPS) is 18.6. The predicted molar refractivity (Wildman–Crippen MR) is 148 cm³/mol. The Morgan fingerprint density at radius 2 is 1.97 bits per heavy atom. The molecule has 0 aromatic heterocycles. The molecule has 4 N–H and O–H groups in total. The van der Waals surface area contributed by atoms with Crippen LogP contribution < -0.4 is 16.0 Å². The van der Waals surface area contributed by atoms with Crippen molar-refractivity contribution in [3.05, 3.63) is 42.0 Å². The third-order valence-corrected chi connectivity index (χ3v) is 7.32. The summed E-state index contributed by atoms with van der Waals surface area (Å²) in [5, 5.41) is 20.8. The SMILES string of the molecule is CSCC[C@H](NC(=O)c1cc(NC[C@@H]2C[C@H](SC(=O)OC(C)(C)C)CN2)c2ccccc2c1)C(=O)O. The molecular formula is C26H35N3O5S2. The van der Waals surface area contributed by atoms with Gasteiger partial charge in [-0.1, -0.05) is 24.3 Å². The fraction of sp³-hybridized carbons (Fsp3) is 0.500. The average molecular weight is 534 g/mol. The number of nitrogens with one attached hydrogen (secondary N) is 3. The van der Waals surface area contributed by atoms with Gasteiger partial charge in [0, 0.05) is 41.0 Å². The molecule has 0 radical (unpaired) electrons. The summed E-state index contributed by atoms with van der Waals surface area (Å²) in [4.78, 5) is 36.7. The van der Waals surface area contributed by atoms with Crippen molar-refractivity contribution in [3.8, 4) is 0 Å². The van der Waals surface area contributed by atoms with Crippen molar-refractivity contribution in [1.29, 1.82) is 0 Å². The standard InChI is InChI=1S/C26H35N3O5S2/c1-26(2,3)34-25(33)36-19-13-18(27-15-19)14-28-22-12-17(11-16-7-5-6-8-20(16)22)23(30)29-21(24(31)32)9-10-35-4/h5-8,11-12,18-19,21,27-28H,9-10,13-15H2,1-4H3,(H,29,30)(H,31,32)/t18-,19-,21-/m0/s1. The Morgan fingerprint density at radius 3 is 2.67 bits per heavy atom. The number of hydrogen-bond acceptors (Lipinski definition) is 8. The molecule has 1 fully saturated rings. The molecule has 1 heterocycles. The Morgan fingerprint density at radius 1 is 1.22 bits per heavy atom. The minimum Gasteiger partial charge on any atom is -0.480 e. The van der Waals surface area contributed by atoms with Gasteiger partial charge in [0.2, 0.25) is 0 Å². The van der Waals surface area contributed by atoms with Crippen LogP contribution in [0.1, 0.15) is 44.0 Å². The van der Waals surface area contributed by atoms with Crippen molar-refractivity contribution >= 4 is 57.2 Å². The number of ether oxygens (including phenoxy) is 1. The fourth-order valence-electron chi connectivity index (χ4n) is 3.99. The smallest absolute Gasteiger partial charge is 0.368 e. The molecule has 10 heteroatoms. The molecule has 1 aliphatic rings. The van der Waals surface area contributed by atoms with Crippen molar-refractivity contribution in [2.75, 3.05) is 30.4 Å². The second kappa shape index (κ2) is 12.7. The lowest BCUT2D eigenvalue weighted by Crippen LogP contribution is -2.41. The van der Waals surface area contributed by atoms with Crippen LogP contribution in [-0.2, 0) is 9.53 Å². The number of hydrogen-bond donors (Lipinski definition) is 4. The van der Waals surface area contributed by atoms with Gasteiger partial charge in [-0.05, 0) is 74.9 Å². The van der Waals surface area contributed by atoms with Gasteiger partial charge < -0.3 is 25.8 Å². The van der Waals surface area contributed by atoms with Crippen LogP contribution in [-0.4, -0.2) is 70.3 Å². The van der Waals surface area contributed by atoms with Gasteiger partial charge >= 0.3 is 11.3 Å². The van der Waals surface area contributed by atoms with Crippen molar-refractivity contribution < 1.29 is 24.2 Å². The topological polar surface area (TPSA) is 117 Å². The van der Waals surface area contributed by atoms with Gasteiger partial charge in [-0.3, -0.25) is 4.79 Å². The summed E-state index contributed by atoms with van der Waals surface area (Å²) in [5.74, 6) is -0.809. The van der Waals surface area contributed by atoms with Gasteiger partial charge in [-0.25, -0.2) is 9.59 Å². The summed E-state index contributed by atoms with van der Waals surface area (Å²) < 4.78 is 5.42. The van der Waals surface area contributed by atoms with E-state index >= 15 is 0 Å². The number of fused-ring (bicyclic) bond motifs is 1. The minimum atomic E-state index is -1.04. The molecule has 2 aromatic carbocycles. The molecule has 36 heavy (non-hydrogen) atoms. The summed E-state index contributed by atoms with van der Waals surface area (Å²) in [6.45, 7) is 6.90. The van der Waals surface area contributed by atoms with E-state index in [1.807, 2.05) is 51.3 Å². The largest absolute Gasteiger partial charge is 0.480 e. The second-order valence-electron chi connectivity index (χ2n) is 9.82. The summed E-state index contributed by atoms with van der Waals surface area (Å²) in [7, 11) is 0. The van der Waals surface area contributed by atoms with Crippen LogP contribution in [0.15, 0.2) is 36.4 Å². The first-order chi connectivity index (χ1) is 17.1. The molecule has 8 nitrogen and oxygen atoms in total. The molecule has 0 bridgehead atoms. The number of benzene rings is 2. The monoisotopic (exact) mass is 533 g/mol. The van der Waals surface area contributed by atoms with Gasteiger partial charge in [0.15, 0.2) is 0 Å². The van der Waals surface area contributed by atoms with E-state index in [2.05, 4.69) is 16.0 Å². The Labute approximate surface area is 220 Å². The molecule has 3 rings (SSSR count). The lowest BCUT2D eigenvalue weighted by molar-refractivity contribution is -0.139. The van der Waals surface area contributed by atoms with E-state index in [4.69, 9.17) is 4.74 Å². The number of carboxylic acid groups (broad SMARTS) is 1. The third kappa shape index (κ3) is 8.31. The van der Waals surface area contributed by atoms with E-state index in [9.17, 15) is 19.5 Å². The minimum absolute atomic E-state index is 0.134. The Hall–Kier alpha value is -2.43.